The molecule has 1 aliphatic carbocycles. The van der Waals surface area contributed by atoms with Crippen molar-refractivity contribution >= 4 is 5.97 Å². The van der Waals surface area contributed by atoms with Gasteiger partial charge in [-0.05, 0) is 19.8 Å². The van der Waals surface area contributed by atoms with Gasteiger partial charge in [-0.25, -0.2) is 0 Å². The maximum atomic E-state index is 11.2. The number of carbonyl (C=O) groups excluding carboxylic acids is 1. The molecule has 0 heterocycles. The summed E-state index contributed by atoms with van der Waals surface area (Å²) >= 11 is 0. The van der Waals surface area contributed by atoms with E-state index in [0.717, 1.165) is 12.8 Å². The van der Waals surface area contributed by atoms with E-state index in [1.165, 1.54) is 0 Å². The fourth-order valence-corrected chi connectivity index (χ4v) is 1.28. The Balaban J connectivity index is 2.20. The van der Waals surface area contributed by atoms with E-state index >= 15 is 0 Å². The Kier molecular flexibility index (Phi) is 3.89. The smallest absolute Gasteiger partial charge is 0.309 e. The van der Waals surface area contributed by atoms with Crippen molar-refractivity contribution in [3.05, 3.63) is 0 Å². The molecule has 1 rings (SSSR count). The Morgan fingerprint density at radius 3 is 2.71 bits per heavy atom. The molecule has 0 saturated heterocycles. The van der Waals surface area contributed by atoms with Crippen molar-refractivity contribution in [2.45, 2.75) is 32.2 Å². The van der Waals surface area contributed by atoms with E-state index < -0.39 is 0 Å². The third-order valence-corrected chi connectivity index (χ3v) is 2.63. The fourth-order valence-electron chi connectivity index (χ4n) is 1.28. The zero-order valence-corrected chi connectivity index (χ0v) is 8.88. The Labute approximate surface area is 84.6 Å². The molecule has 1 saturated carbocycles. The monoisotopic (exact) mass is 201 g/mol. The van der Waals surface area contributed by atoms with E-state index in [2.05, 4.69) is 5.32 Å². The number of aliphatic hydroxyl groups is 1. The number of hydrogen-bond donors (Lipinski definition) is 2. The van der Waals surface area contributed by atoms with E-state index in [4.69, 9.17) is 9.84 Å². The van der Waals surface area contributed by atoms with Gasteiger partial charge >= 0.3 is 5.97 Å². The predicted octanol–water partition coefficient (Wildman–Crippen LogP) is 0.300. The van der Waals surface area contributed by atoms with Crippen LogP contribution in [0.5, 0.6) is 0 Å². The summed E-state index contributed by atoms with van der Waals surface area (Å²) in [5.41, 5.74) is -0.0965. The first-order valence-corrected chi connectivity index (χ1v) is 5.16. The first-order chi connectivity index (χ1) is 6.63. The van der Waals surface area contributed by atoms with Crippen LogP contribution in [0.2, 0.25) is 0 Å². The van der Waals surface area contributed by atoms with Crippen molar-refractivity contribution in [1.82, 2.24) is 5.32 Å². The highest BCUT2D eigenvalue weighted by Gasteiger charge is 2.41. The van der Waals surface area contributed by atoms with E-state index in [9.17, 15) is 4.79 Å². The Hall–Kier alpha value is -0.610. The number of carbonyl (C=O) groups is 1. The number of esters is 1. The quantitative estimate of drug-likeness (QED) is 0.607. The lowest BCUT2D eigenvalue weighted by molar-refractivity contribution is -0.147. The number of rotatable bonds is 6. The van der Waals surface area contributed by atoms with Crippen LogP contribution in [-0.2, 0) is 9.53 Å². The molecule has 1 aliphatic rings. The summed E-state index contributed by atoms with van der Waals surface area (Å²) in [6, 6.07) is 0. The Morgan fingerprint density at radius 1 is 1.64 bits per heavy atom. The molecule has 1 fully saturated rings. The molecule has 0 aliphatic heterocycles. The molecule has 2 N–H and O–H groups in total. The van der Waals surface area contributed by atoms with Crippen LogP contribution >= 0.6 is 0 Å². The number of ether oxygens (including phenoxy) is 1. The zero-order chi connectivity index (χ0) is 10.6. The van der Waals surface area contributed by atoms with Gasteiger partial charge in [0, 0.05) is 12.1 Å². The molecule has 0 bridgehead atoms. The minimum absolute atomic E-state index is 0.0965. The van der Waals surface area contributed by atoms with Crippen LogP contribution in [0.25, 0.3) is 0 Å². The molecule has 82 valence electrons. The second-order valence-corrected chi connectivity index (χ2v) is 3.97. The van der Waals surface area contributed by atoms with Crippen LogP contribution in [0, 0.1) is 5.92 Å². The molecule has 1 atom stereocenters. The predicted molar refractivity (Wildman–Crippen MR) is 52.9 cm³/mol. The fraction of sp³-hybridized carbons (Fsp3) is 0.900. The highest BCUT2D eigenvalue weighted by atomic mass is 16.5. The average Bonchev–Trinajstić information content (AvgIpc) is 2.95. The Bertz CT molecular complexity index is 202. The maximum Gasteiger partial charge on any atom is 0.309 e. The van der Waals surface area contributed by atoms with Crippen molar-refractivity contribution in [3.63, 3.8) is 0 Å². The molecule has 4 nitrogen and oxygen atoms in total. The van der Waals surface area contributed by atoms with Crippen molar-refractivity contribution in [3.8, 4) is 0 Å². The lowest BCUT2D eigenvalue weighted by atomic mass is 10.1. The van der Waals surface area contributed by atoms with Gasteiger partial charge in [0.1, 0.15) is 0 Å². The summed E-state index contributed by atoms with van der Waals surface area (Å²) in [6.45, 7) is 4.79. The lowest BCUT2D eigenvalue weighted by Crippen LogP contribution is -2.39. The molecular weight excluding hydrogens is 182 g/mol. The molecule has 4 heteroatoms. The lowest BCUT2D eigenvalue weighted by Gasteiger charge is -2.17. The highest BCUT2D eigenvalue weighted by Crippen LogP contribution is 2.34. The summed E-state index contributed by atoms with van der Waals surface area (Å²) in [5, 5.41) is 12.2. The first kappa shape index (κ1) is 11.5. The summed E-state index contributed by atoms with van der Waals surface area (Å²) in [4.78, 5) is 11.2. The molecular formula is C10H19NO3. The normalized spacial score (nSPS) is 20.2. The van der Waals surface area contributed by atoms with Crippen molar-refractivity contribution in [1.29, 1.82) is 0 Å². The minimum atomic E-state index is -0.172. The van der Waals surface area contributed by atoms with Crippen LogP contribution < -0.4 is 5.32 Å². The maximum absolute atomic E-state index is 11.2. The average molecular weight is 201 g/mol. The van der Waals surface area contributed by atoms with Gasteiger partial charge in [0.25, 0.3) is 0 Å². The third kappa shape index (κ3) is 2.96. The molecule has 1 unspecified atom stereocenters. The van der Waals surface area contributed by atoms with Gasteiger partial charge in [-0.15, -0.1) is 0 Å². The Morgan fingerprint density at radius 2 is 2.29 bits per heavy atom. The third-order valence-electron chi connectivity index (χ3n) is 2.63. The second-order valence-electron chi connectivity index (χ2n) is 3.97. The number of hydrogen-bond acceptors (Lipinski definition) is 4. The summed E-state index contributed by atoms with van der Waals surface area (Å²) in [6.07, 6.45) is 2.00. The van der Waals surface area contributed by atoms with Gasteiger partial charge in [0.05, 0.1) is 19.1 Å². The largest absolute Gasteiger partial charge is 0.466 e. The highest BCUT2D eigenvalue weighted by molar-refractivity contribution is 5.72. The van der Waals surface area contributed by atoms with Crippen molar-refractivity contribution in [2.75, 3.05) is 19.8 Å². The van der Waals surface area contributed by atoms with Gasteiger partial charge in [-0.3, -0.25) is 4.79 Å². The van der Waals surface area contributed by atoms with Crippen LogP contribution in [0.15, 0.2) is 0 Å². The van der Waals surface area contributed by atoms with Gasteiger partial charge in [0.15, 0.2) is 0 Å². The molecule has 0 amide bonds. The van der Waals surface area contributed by atoms with Crippen molar-refractivity contribution in [2.24, 2.45) is 5.92 Å². The van der Waals surface area contributed by atoms with Crippen LogP contribution in [0.3, 0.4) is 0 Å². The summed E-state index contributed by atoms with van der Waals surface area (Å²) in [5.74, 6) is -0.312. The van der Waals surface area contributed by atoms with Crippen molar-refractivity contribution < 1.29 is 14.6 Å². The molecule has 0 aromatic rings. The van der Waals surface area contributed by atoms with Gasteiger partial charge in [-0.1, -0.05) is 6.92 Å². The van der Waals surface area contributed by atoms with Gasteiger partial charge in [0.2, 0.25) is 0 Å². The standard InChI is InChI=1S/C10H19NO3/c1-3-14-9(13)8(2)6-11-10(7-12)4-5-10/h8,11-12H,3-7H2,1-2H3. The minimum Gasteiger partial charge on any atom is -0.466 e. The summed E-state index contributed by atoms with van der Waals surface area (Å²) < 4.78 is 4.88. The number of nitrogens with one attached hydrogen (secondary N) is 1. The van der Waals surface area contributed by atoms with E-state index in [0.29, 0.717) is 13.2 Å². The van der Waals surface area contributed by atoms with Gasteiger partial charge in [-0.2, -0.15) is 0 Å². The SMILES string of the molecule is CCOC(=O)C(C)CNC1(CO)CC1. The van der Waals surface area contributed by atoms with E-state index in [-0.39, 0.29) is 24.0 Å². The molecule has 0 radical (unpaired) electrons. The summed E-state index contributed by atoms with van der Waals surface area (Å²) in [7, 11) is 0. The number of aliphatic hydroxyl groups excluding tert-OH is 1. The second kappa shape index (κ2) is 4.75. The van der Waals surface area contributed by atoms with E-state index in [1.807, 2.05) is 6.92 Å². The van der Waals surface area contributed by atoms with Crippen LogP contribution in [-0.4, -0.2) is 36.4 Å². The van der Waals surface area contributed by atoms with Crippen LogP contribution in [0.1, 0.15) is 26.7 Å². The molecule has 0 spiro atoms. The molecule has 0 aromatic heterocycles. The molecule has 14 heavy (non-hydrogen) atoms. The van der Waals surface area contributed by atoms with Crippen LogP contribution in [0.4, 0.5) is 0 Å². The van der Waals surface area contributed by atoms with Gasteiger partial charge < -0.3 is 15.2 Å². The zero-order valence-electron chi connectivity index (χ0n) is 8.88. The topological polar surface area (TPSA) is 58.6 Å². The van der Waals surface area contributed by atoms with E-state index in [1.54, 1.807) is 6.92 Å². The molecule has 0 aromatic carbocycles. The first-order valence-electron chi connectivity index (χ1n) is 5.16.